The van der Waals surface area contributed by atoms with Crippen LogP contribution in [0.1, 0.15) is 28.9 Å². The van der Waals surface area contributed by atoms with E-state index in [1.54, 1.807) is 24.3 Å². The second kappa shape index (κ2) is 8.53. The number of hydrogen-bond acceptors (Lipinski definition) is 4. The zero-order valence-electron chi connectivity index (χ0n) is 14.5. The first-order chi connectivity index (χ1) is 11.9. The Bertz CT molecular complexity index is 727. The van der Waals surface area contributed by atoms with Gasteiger partial charge in [-0.2, -0.15) is 0 Å². The molecule has 5 nitrogen and oxygen atoms in total. The van der Waals surface area contributed by atoms with Gasteiger partial charge < -0.3 is 15.0 Å². The van der Waals surface area contributed by atoms with Crippen LogP contribution in [0.4, 0.5) is 5.69 Å². The molecule has 0 saturated carbocycles. The number of ether oxygens (including phenoxy) is 1. The number of benzene rings is 2. The minimum Gasteiger partial charge on any atom is -0.452 e. The molecule has 0 spiro atoms. The van der Waals surface area contributed by atoms with E-state index in [0.717, 1.165) is 11.3 Å². The third-order valence-electron chi connectivity index (χ3n) is 3.70. The molecule has 0 aliphatic heterocycles. The number of rotatable bonds is 6. The lowest BCUT2D eigenvalue weighted by molar-refractivity contribution is -0.124. The minimum absolute atomic E-state index is 0.206. The quantitative estimate of drug-likeness (QED) is 0.802. The Labute approximate surface area is 152 Å². The molecule has 0 unspecified atom stereocenters. The average molecular weight is 361 g/mol. The predicted molar refractivity (Wildman–Crippen MR) is 99.1 cm³/mol. The minimum atomic E-state index is -0.528. The second-order valence-electron chi connectivity index (χ2n) is 5.86. The highest BCUT2D eigenvalue weighted by Crippen LogP contribution is 2.16. The fourth-order valence-electron chi connectivity index (χ4n) is 2.23. The van der Waals surface area contributed by atoms with Crippen molar-refractivity contribution < 1.29 is 14.3 Å². The number of nitrogens with one attached hydrogen (secondary N) is 1. The highest BCUT2D eigenvalue weighted by atomic mass is 35.5. The van der Waals surface area contributed by atoms with E-state index in [1.807, 2.05) is 50.2 Å². The first-order valence-electron chi connectivity index (χ1n) is 7.86. The molecule has 0 radical (unpaired) electrons. The normalized spacial score (nSPS) is 11.5. The summed E-state index contributed by atoms with van der Waals surface area (Å²) in [6, 6.07) is 14.0. The fraction of sp³-hybridized carbons (Fsp3) is 0.263. The summed E-state index contributed by atoms with van der Waals surface area (Å²) in [4.78, 5) is 25.9. The molecule has 0 heterocycles. The molecule has 1 N–H and O–H groups in total. The molecule has 0 fully saturated rings. The van der Waals surface area contributed by atoms with Crippen molar-refractivity contribution in [3.8, 4) is 0 Å². The van der Waals surface area contributed by atoms with Crippen LogP contribution in [0.25, 0.3) is 0 Å². The van der Waals surface area contributed by atoms with Crippen LogP contribution in [0, 0.1) is 0 Å². The van der Waals surface area contributed by atoms with Gasteiger partial charge in [0, 0.05) is 24.8 Å². The molecular formula is C19H21ClN2O3. The standard InChI is InChI=1S/C19H21ClN2O3/c1-13(14-4-8-16(20)9-5-14)21-18(23)12-25-19(24)15-6-10-17(11-7-15)22(2)3/h4-11,13H,12H2,1-3H3,(H,21,23)/t13-/m0/s1. The van der Waals surface area contributed by atoms with Crippen molar-refractivity contribution in [1.29, 1.82) is 0 Å². The fourth-order valence-corrected chi connectivity index (χ4v) is 2.35. The van der Waals surface area contributed by atoms with Gasteiger partial charge in [0.15, 0.2) is 6.61 Å². The molecule has 25 heavy (non-hydrogen) atoms. The van der Waals surface area contributed by atoms with Gasteiger partial charge in [-0.25, -0.2) is 4.79 Å². The van der Waals surface area contributed by atoms with Crippen molar-refractivity contribution in [2.45, 2.75) is 13.0 Å². The van der Waals surface area contributed by atoms with E-state index in [4.69, 9.17) is 16.3 Å². The van der Waals surface area contributed by atoms with Gasteiger partial charge in [0.2, 0.25) is 0 Å². The summed E-state index contributed by atoms with van der Waals surface area (Å²) >= 11 is 5.84. The molecule has 1 amide bonds. The summed E-state index contributed by atoms with van der Waals surface area (Å²) in [6.07, 6.45) is 0. The molecule has 2 aromatic rings. The summed E-state index contributed by atoms with van der Waals surface area (Å²) in [6.45, 7) is 1.52. The number of anilines is 1. The van der Waals surface area contributed by atoms with Crippen molar-refractivity contribution in [3.05, 3.63) is 64.7 Å². The Morgan fingerprint density at radius 2 is 1.68 bits per heavy atom. The molecular weight excluding hydrogens is 340 g/mol. The van der Waals surface area contributed by atoms with Crippen molar-refractivity contribution >= 4 is 29.2 Å². The number of nitrogens with zero attached hydrogens (tertiary/aromatic N) is 1. The van der Waals surface area contributed by atoms with Gasteiger partial charge in [-0.05, 0) is 48.9 Å². The Kier molecular flexibility index (Phi) is 6.42. The number of carbonyl (C=O) groups is 2. The summed E-state index contributed by atoms with van der Waals surface area (Å²) in [5.74, 6) is -0.889. The van der Waals surface area contributed by atoms with Gasteiger partial charge >= 0.3 is 5.97 Å². The highest BCUT2D eigenvalue weighted by molar-refractivity contribution is 6.30. The third kappa shape index (κ3) is 5.50. The maximum atomic E-state index is 12.0. The lowest BCUT2D eigenvalue weighted by Gasteiger charge is -2.15. The van der Waals surface area contributed by atoms with Crippen LogP contribution in [0.2, 0.25) is 5.02 Å². The van der Waals surface area contributed by atoms with E-state index in [-0.39, 0.29) is 18.6 Å². The van der Waals surface area contributed by atoms with Crippen LogP contribution in [0.5, 0.6) is 0 Å². The summed E-state index contributed by atoms with van der Waals surface area (Å²) in [7, 11) is 3.83. The van der Waals surface area contributed by atoms with Crippen LogP contribution in [-0.4, -0.2) is 32.6 Å². The predicted octanol–water partition coefficient (Wildman–Crippen LogP) is 3.44. The first-order valence-corrected chi connectivity index (χ1v) is 8.24. The molecule has 6 heteroatoms. The Hall–Kier alpha value is -2.53. The third-order valence-corrected chi connectivity index (χ3v) is 3.95. The average Bonchev–Trinajstić information content (AvgIpc) is 2.60. The molecule has 0 aromatic heterocycles. The number of hydrogen-bond donors (Lipinski definition) is 1. The summed E-state index contributed by atoms with van der Waals surface area (Å²) in [5, 5.41) is 3.42. The topological polar surface area (TPSA) is 58.6 Å². The van der Waals surface area contributed by atoms with Crippen LogP contribution in [0.3, 0.4) is 0 Å². The lowest BCUT2D eigenvalue weighted by atomic mass is 10.1. The summed E-state index contributed by atoms with van der Waals surface area (Å²) in [5.41, 5.74) is 2.30. The van der Waals surface area contributed by atoms with Gasteiger partial charge in [0.25, 0.3) is 5.91 Å². The van der Waals surface area contributed by atoms with E-state index < -0.39 is 5.97 Å². The number of esters is 1. The van der Waals surface area contributed by atoms with Crippen molar-refractivity contribution in [3.63, 3.8) is 0 Å². The van der Waals surface area contributed by atoms with E-state index in [9.17, 15) is 9.59 Å². The summed E-state index contributed by atoms with van der Waals surface area (Å²) < 4.78 is 5.06. The maximum Gasteiger partial charge on any atom is 0.338 e. The monoisotopic (exact) mass is 360 g/mol. The molecule has 2 aromatic carbocycles. The van der Waals surface area contributed by atoms with E-state index in [0.29, 0.717) is 10.6 Å². The molecule has 0 aliphatic rings. The lowest BCUT2D eigenvalue weighted by Crippen LogP contribution is -2.31. The molecule has 0 saturated heterocycles. The second-order valence-corrected chi connectivity index (χ2v) is 6.29. The smallest absolute Gasteiger partial charge is 0.338 e. The van der Waals surface area contributed by atoms with Crippen molar-refractivity contribution in [2.75, 3.05) is 25.6 Å². The highest BCUT2D eigenvalue weighted by Gasteiger charge is 2.13. The van der Waals surface area contributed by atoms with Crippen molar-refractivity contribution in [2.24, 2.45) is 0 Å². The van der Waals surface area contributed by atoms with E-state index in [2.05, 4.69) is 5.32 Å². The molecule has 0 bridgehead atoms. The number of carbonyl (C=O) groups excluding carboxylic acids is 2. The zero-order valence-corrected chi connectivity index (χ0v) is 15.2. The SMILES string of the molecule is C[C@H](NC(=O)COC(=O)c1ccc(N(C)C)cc1)c1ccc(Cl)cc1. The molecule has 0 aliphatic carbocycles. The van der Waals surface area contributed by atoms with E-state index in [1.165, 1.54) is 0 Å². The Balaban J connectivity index is 1.84. The van der Waals surface area contributed by atoms with E-state index >= 15 is 0 Å². The van der Waals surface area contributed by atoms with Crippen molar-refractivity contribution in [1.82, 2.24) is 5.32 Å². The molecule has 132 valence electrons. The van der Waals surface area contributed by atoms with Gasteiger partial charge in [0.05, 0.1) is 11.6 Å². The largest absolute Gasteiger partial charge is 0.452 e. The van der Waals surface area contributed by atoms with Gasteiger partial charge in [-0.3, -0.25) is 4.79 Å². The maximum absolute atomic E-state index is 12.0. The van der Waals surface area contributed by atoms with Crippen LogP contribution < -0.4 is 10.2 Å². The molecule has 2 rings (SSSR count). The van der Waals surface area contributed by atoms with Crippen LogP contribution >= 0.6 is 11.6 Å². The molecule has 1 atom stereocenters. The van der Waals surface area contributed by atoms with Gasteiger partial charge in [-0.1, -0.05) is 23.7 Å². The van der Waals surface area contributed by atoms with Crippen LogP contribution in [0.15, 0.2) is 48.5 Å². The van der Waals surface area contributed by atoms with Gasteiger partial charge in [-0.15, -0.1) is 0 Å². The Morgan fingerprint density at radius 1 is 1.08 bits per heavy atom. The van der Waals surface area contributed by atoms with Crippen LogP contribution in [-0.2, 0) is 9.53 Å². The van der Waals surface area contributed by atoms with Gasteiger partial charge in [0.1, 0.15) is 0 Å². The number of halogens is 1. The Morgan fingerprint density at radius 3 is 2.24 bits per heavy atom. The number of amides is 1. The zero-order chi connectivity index (χ0) is 18.4. The first kappa shape index (κ1) is 18.8.